The molecule has 0 aliphatic heterocycles. The highest BCUT2D eigenvalue weighted by atomic mass is 35.5. The van der Waals surface area contributed by atoms with Gasteiger partial charge in [-0.25, -0.2) is 4.98 Å². The molecule has 0 aliphatic rings. The Balaban J connectivity index is 2.51. The first-order chi connectivity index (χ1) is 9.89. The van der Waals surface area contributed by atoms with Gasteiger partial charge in [0.1, 0.15) is 5.82 Å². The van der Waals surface area contributed by atoms with Crippen molar-refractivity contribution < 1.29 is 4.79 Å². The van der Waals surface area contributed by atoms with E-state index < -0.39 is 5.41 Å². The van der Waals surface area contributed by atoms with Crippen molar-refractivity contribution in [2.75, 3.05) is 12.9 Å². The van der Waals surface area contributed by atoms with Crippen LogP contribution in [0.5, 0.6) is 0 Å². The smallest absolute Gasteiger partial charge is 0.227 e. The number of rotatable bonds is 5. The summed E-state index contributed by atoms with van der Waals surface area (Å²) in [5, 5.41) is 3.36. The van der Waals surface area contributed by atoms with Crippen molar-refractivity contribution in [1.82, 2.24) is 14.9 Å². The predicted molar refractivity (Wildman–Crippen MR) is 87.0 cm³/mol. The van der Waals surface area contributed by atoms with Crippen LogP contribution in [-0.2, 0) is 17.8 Å². The van der Waals surface area contributed by atoms with Crippen LogP contribution in [0.2, 0.25) is 5.02 Å². The SMILES string of the molecule is CNC(=O)C(C)(C)Cn1c(CCCl)nc2ccc(Cl)cc21. The van der Waals surface area contributed by atoms with Crippen LogP contribution in [0.25, 0.3) is 11.0 Å². The highest BCUT2D eigenvalue weighted by Crippen LogP contribution is 2.26. The van der Waals surface area contributed by atoms with E-state index >= 15 is 0 Å². The van der Waals surface area contributed by atoms with Crippen LogP contribution in [0.3, 0.4) is 0 Å². The number of alkyl halides is 1. The summed E-state index contributed by atoms with van der Waals surface area (Å²) in [5.74, 6) is 1.35. The number of nitrogens with zero attached hydrogens (tertiary/aromatic N) is 2. The van der Waals surface area contributed by atoms with Crippen LogP contribution in [0.4, 0.5) is 0 Å². The number of benzene rings is 1. The lowest BCUT2D eigenvalue weighted by Crippen LogP contribution is -2.38. The van der Waals surface area contributed by atoms with E-state index in [2.05, 4.69) is 10.3 Å². The number of nitrogens with one attached hydrogen (secondary N) is 1. The molecule has 1 aromatic carbocycles. The van der Waals surface area contributed by atoms with Crippen LogP contribution >= 0.6 is 23.2 Å². The summed E-state index contributed by atoms with van der Waals surface area (Å²) in [6.07, 6.45) is 0.650. The van der Waals surface area contributed by atoms with E-state index in [0.717, 1.165) is 16.9 Å². The first-order valence-electron chi connectivity index (χ1n) is 6.82. The van der Waals surface area contributed by atoms with Crippen molar-refractivity contribution in [1.29, 1.82) is 0 Å². The van der Waals surface area contributed by atoms with E-state index in [-0.39, 0.29) is 5.91 Å². The molecular formula is C15H19Cl2N3O. The van der Waals surface area contributed by atoms with Crippen molar-refractivity contribution in [2.24, 2.45) is 5.41 Å². The van der Waals surface area contributed by atoms with Crippen LogP contribution in [0.1, 0.15) is 19.7 Å². The number of aromatic nitrogens is 2. The van der Waals surface area contributed by atoms with Crippen molar-refractivity contribution in [3.63, 3.8) is 0 Å². The number of hydrogen-bond acceptors (Lipinski definition) is 2. The van der Waals surface area contributed by atoms with Gasteiger partial charge in [0.05, 0.1) is 16.4 Å². The minimum Gasteiger partial charge on any atom is -0.359 e. The lowest BCUT2D eigenvalue weighted by atomic mass is 9.92. The summed E-state index contributed by atoms with van der Waals surface area (Å²) in [6.45, 7) is 4.34. The Morgan fingerprint density at radius 2 is 2.14 bits per heavy atom. The topological polar surface area (TPSA) is 46.9 Å². The standard InChI is InChI=1S/C15H19Cl2N3O/c1-15(2,14(21)18-3)9-20-12-8-10(17)4-5-11(12)19-13(20)6-7-16/h4-5,8H,6-7,9H2,1-3H3,(H,18,21). The van der Waals surface area contributed by atoms with Gasteiger partial charge < -0.3 is 9.88 Å². The highest BCUT2D eigenvalue weighted by molar-refractivity contribution is 6.31. The molecule has 114 valence electrons. The number of aryl methyl sites for hydroxylation is 1. The Morgan fingerprint density at radius 3 is 2.76 bits per heavy atom. The van der Waals surface area contributed by atoms with Crippen LogP contribution in [-0.4, -0.2) is 28.4 Å². The van der Waals surface area contributed by atoms with Gasteiger partial charge in [0.2, 0.25) is 5.91 Å². The van der Waals surface area contributed by atoms with Crippen molar-refractivity contribution in [3.8, 4) is 0 Å². The van der Waals surface area contributed by atoms with E-state index in [0.29, 0.717) is 23.9 Å². The first-order valence-corrected chi connectivity index (χ1v) is 7.73. The summed E-state index contributed by atoms with van der Waals surface area (Å²) >= 11 is 12.0. The molecule has 6 heteroatoms. The maximum Gasteiger partial charge on any atom is 0.227 e. The van der Waals surface area contributed by atoms with Gasteiger partial charge in [-0.3, -0.25) is 4.79 Å². The maximum atomic E-state index is 12.0. The Hall–Kier alpha value is -1.26. The fraction of sp³-hybridized carbons (Fsp3) is 0.467. The molecule has 21 heavy (non-hydrogen) atoms. The number of carbonyl (C=O) groups excluding carboxylic acids is 1. The van der Waals surface area contributed by atoms with Crippen LogP contribution in [0.15, 0.2) is 18.2 Å². The molecule has 0 radical (unpaired) electrons. The van der Waals surface area contributed by atoms with Crippen LogP contribution in [0, 0.1) is 5.41 Å². The fourth-order valence-corrected chi connectivity index (χ4v) is 2.74. The molecule has 0 bridgehead atoms. The van der Waals surface area contributed by atoms with Gasteiger partial charge in [-0.15, -0.1) is 11.6 Å². The second kappa shape index (κ2) is 6.24. The van der Waals surface area contributed by atoms with Gasteiger partial charge in [-0.1, -0.05) is 11.6 Å². The van der Waals surface area contributed by atoms with Gasteiger partial charge >= 0.3 is 0 Å². The molecule has 0 saturated carbocycles. The van der Waals surface area contributed by atoms with Crippen LogP contribution < -0.4 is 5.32 Å². The third-order valence-corrected chi connectivity index (χ3v) is 3.93. The molecule has 1 N–H and O–H groups in total. The van der Waals surface area contributed by atoms with Gasteiger partial charge in [0, 0.05) is 30.9 Å². The Morgan fingerprint density at radius 1 is 1.43 bits per heavy atom. The average molecular weight is 328 g/mol. The number of halogens is 2. The minimum atomic E-state index is -0.550. The summed E-state index contributed by atoms with van der Waals surface area (Å²) in [4.78, 5) is 16.6. The van der Waals surface area contributed by atoms with Crippen molar-refractivity contribution in [2.45, 2.75) is 26.8 Å². The summed E-state index contributed by atoms with van der Waals surface area (Å²) in [6, 6.07) is 5.58. The quantitative estimate of drug-likeness (QED) is 0.857. The molecule has 0 aliphatic carbocycles. The monoisotopic (exact) mass is 327 g/mol. The summed E-state index contributed by atoms with van der Waals surface area (Å²) in [7, 11) is 1.65. The molecule has 1 aromatic heterocycles. The third kappa shape index (κ3) is 3.33. The normalized spacial score (nSPS) is 11.9. The zero-order valence-electron chi connectivity index (χ0n) is 12.4. The Bertz CT molecular complexity index is 664. The Labute approximate surface area is 134 Å². The molecule has 1 amide bonds. The summed E-state index contributed by atoms with van der Waals surface area (Å²) < 4.78 is 2.04. The van der Waals surface area contributed by atoms with Gasteiger partial charge in [-0.05, 0) is 32.0 Å². The number of imidazole rings is 1. The number of fused-ring (bicyclic) bond motifs is 1. The van der Waals surface area contributed by atoms with E-state index in [1.165, 1.54) is 0 Å². The van der Waals surface area contributed by atoms with E-state index in [9.17, 15) is 4.79 Å². The molecular weight excluding hydrogens is 309 g/mol. The minimum absolute atomic E-state index is 0.0109. The molecule has 0 unspecified atom stereocenters. The molecule has 0 saturated heterocycles. The molecule has 1 heterocycles. The summed E-state index contributed by atoms with van der Waals surface area (Å²) in [5.41, 5.74) is 1.25. The number of amides is 1. The zero-order chi connectivity index (χ0) is 15.6. The number of hydrogen-bond donors (Lipinski definition) is 1. The fourth-order valence-electron chi connectivity index (χ4n) is 2.40. The molecule has 2 aromatic rings. The Kier molecular flexibility index (Phi) is 4.79. The van der Waals surface area contributed by atoms with E-state index in [1.54, 1.807) is 7.05 Å². The third-order valence-electron chi connectivity index (χ3n) is 3.50. The molecule has 0 atom stereocenters. The molecule has 0 fully saturated rings. The number of carbonyl (C=O) groups is 1. The second-order valence-corrected chi connectivity index (χ2v) is 6.46. The molecule has 4 nitrogen and oxygen atoms in total. The van der Waals surface area contributed by atoms with Gasteiger partial charge in [0.15, 0.2) is 0 Å². The van der Waals surface area contributed by atoms with Crippen molar-refractivity contribution >= 4 is 40.1 Å². The first kappa shape index (κ1) is 16.1. The zero-order valence-corrected chi connectivity index (χ0v) is 13.9. The maximum absolute atomic E-state index is 12.0. The van der Waals surface area contributed by atoms with E-state index in [1.807, 2.05) is 36.6 Å². The largest absolute Gasteiger partial charge is 0.359 e. The second-order valence-electron chi connectivity index (χ2n) is 5.65. The predicted octanol–water partition coefficient (Wildman–Crippen LogP) is 3.24. The van der Waals surface area contributed by atoms with E-state index in [4.69, 9.17) is 23.2 Å². The highest BCUT2D eigenvalue weighted by Gasteiger charge is 2.29. The average Bonchev–Trinajstić information content (AvgIpc) is 2.75. The van der Waals surface area contributed by atoms with Crippen molar-refractivity contribution in [3.05, 3.63) is 29.0 Å². The lowest BCUT2D eigenvalue weighted by Gasteiger charge is -2.24. The molecule has 2 rings (SSSR count). The van der Waals surface area contributed by atoms with Gasteiger partial charge in [0.25, 0.3) is 0 Å². The lowest BCUT2D eigenvalue weighted by molar-refractivity contribution is -0.129. The van der Waals surface area contributed by atoms with Gasteiger partial charge in [-0.2, -0.15) is 0 Å². The molecule has 0 spiro atoms.